The average Bonchev–Trinajstić information content (AvgIpc) is 4.02. The molecule has 0 spiro atoms. The molecule has 12 aromatic rings. The van der Waals surface area contributed by atoms with Gasteiger partial charge in [-0.2, -0.15) is 0 Å². The SMILES string of the molecule is c1ccc(-c2nc3c(ccc4oc5ccc(-c6ccc(N(c7ccc8oc9ccccc9c8c7)c7ccc8oc9ccccc9c8c7)cc6)cc5c43)o2)cc1. The lowest BCUT2D eigenvalue weighted by Crippen LogP contribution is -2.09. The third kappa shape index (κ3) is 4.65. The van der Waals surface area contributed by atoms with Gasteiger partial charge in [-0.3, -0.25) is 0 Å². The summed E-state index contributed by atoms with van der Waals surface area (Å²) >= 11 is 0. The Hall–Kier alpha value is -7.57. The summed E-state index contributed by atoms with van der Waals surface area (Å²) in [5.41, 5.74) is 12.8. The first-order chi connectivity index (χ1) is 27.2. The van der Waals surface area contributed by atoms with Crippen molar-refractivity contribution in [3.05, 3.63) is 170 Å². The van der Waals surface area contributed by atoms with Crippen LogP contribution in [0.4, 0.5) is 17.1 Å². The van der Waals surface area contributed by atoms with Gasteiger partial charge in [0.25, 0.3) is 0 Å². The van der Waals surface area contributed by atoms with Crippen LogP contribution >= 0.6 is 0 Å². The minimum atomic E-state index is 0.592. The fraction of sp³-hybridized carbons (Fsp3) is 0. The van der Waals surface area contributed by atoms with Crippen LogP contribution < -0.4 is 4.90 Å². The number of benzene rings is 8. The van der Waals surface area contributed by atoms with Crippen molar-refractivity contribution in [2.24, 2.45) is 0 Å². The van der Waals surface area contributed by atoms with Gasteiger partial charge < -0.3 is 22.6 Å². The maximum atomic E-state index is 6.32. The van der Waals surface area contributed by atoms with Crippen LogP contribution in [0.2, 0.25) is 0 Å². The molecular weight excluding hydrogens is 681 g/mol. The van der Waals surface area contributed by atoms with Gasteiger partial charge in [0.05, 0.1) is 5.39 Å². The van der Waals surface area contributed by atoms with E-state index in [0.717, 1.165) is 111 Å². The van der Waals surface area contributed by atoms with Gasteiger partial charge in [-0.15, -0.1) is 0 Å². The van der Waals surface area contributed by atoms with Crippen LogP contribution in [0, 0.1) is 0 Å². The molecule has 0 amide bonds. The molecule has 0 bridgehead atoms. The van der Waals surface area contributed by atoms with Crippen molar-refractivity contribution in [3.63, 3.8) is 0 Å². The number of rotatable bonds is 5. The lowest BCUT2D eigenvalue weighted by atomic mass is 10.0. The summed E-state index contributed by atoms with van der Waals surface area (Å²) in [6.07, 6.45) is 0. The summed E-state index contributed by atoms with van der Waals surface area (Å²) in [6.45, 7) is 0. The van der Waals surface area contributed by atoms with Gasteiger partial charge >= 0.3 is 0 Å². The summed E-state index contributed by atoms with van der Waals surface area (Å²) < 4.78 is 24.9. The van der Waals surface area contributed by atoms with E-state index in [-0.39, 0.29) is 0 Å². The maximum Gasteiger partial charge on any atom is 0.227 e. The van der Waals surface area contributed by atoms with E-state index in [2.05, 4.69) is 102 Å². The molecule has 4 heterocycles. The van der Waals surface area contributed by atoms with Gasteiger partial charge in [-0.1, -0.05) is 72.8 Å². The summed E-state index contributed by atoms with van der Waals surface area (Å²) in [5.74, 6) is 0.592. The maximum absolute atomic E-state index is 6.32. The quantitative estimate of drug-likeness (QED) is 0.177. The van der Waals surface area contributed by atoms with Crippen molar-refractivity contribution in [1.29, 1.82) is 0 Å². The number of anilines is 3. The van der Waals surface area contributed by atoms with Crippen molar-refractivity contribution in [1.82, 2.24) is 4.98 Å². The minimum Gasteiger partial charge on any atom is -0.456 e. The Labute approximate surface area is 313 Å². The van der Waals surface area contributed by atoms with Gasteiger partial charge in [0.2, 0.25) is 5.89 Å². The predicted octanol–water partition coefficient (Wildman–Crippen LogP) is 14.3. The lowest BCUT2D eigenvalue weighted by molar-refractivity contribution is 0.619. The molecule has 0 aliphatic rings. The molecule has 0 radical (unpaired) electrons. The van der Waals surface area contributed by atoms with E-state index in [1.807, 2.05) is 72.8 Å². The standard InChI is InChI=1S/C49H28N2O4/c1-2-8-30(9-3-1)49-50-48-46(55-49)25-24-45-47(48)39-26-31(16-21-44(39)54-45)29-14-17-32(18-15-29)51(33-19-22-42-37(27-33)35-10-4-6-12-40(35)52-42)34-20-23-43-38(28-34)36-11-5-7-13-41(36)53-43/h1-28H. The Morgan fingerprint density at radius 1 is 0.327 bits per heavy atom. The fourth-order valence-corrected chi connectivity index (χ4v) is 8.09. The zero-order valence-corrected chi connectivity index (χ0v) is 29.2. The molecule has 0 fully saturated rings. The summed E-state index contributed by atoms with van der Waals surface area (Å²) in [6, 6.07) is 58.2. The second-order valence-corrected chi connectivity index (χ2v) is 13.9. The second-order valence-electron chi connectivity index (χ2n) is 13.9. The number of furan rings is 3. The summed E-state index contributed by atoms with van der Waals surface area (Å²) in [7, 11) is 0. The van der Waals surface area contributed by atoms with Crippen LogP contribution in [0.15, 0.2) is 188 Å². The zero-order chi connectivity index (χ0) is 36.0. The molecule has 0 N–H and O–H groups in total. The minimum absolute atomic E-state index is 0.592. The van der Waals surface area contributed by atoms with Gasteiger partial charge in [0, 0.05) is 49.6 Å². The Morgan fingerprint density at radius 2 is 0.836 bits per heavy atom. The van der Waals surface area contributed by atoms with E-state index in [0.29, 0.717) is 5.89 Å². The molecule has 0 saturated heterocycles. The van der Waals surface area contributed by atoms with Gasteiger partial charge in [0.1, 0.15) is 39.0 Å². The number of hydrogen-bond donors (Lipinski definition) is 0. The van der Waals surface area contributed by atoms with E-state index in [1.54, 1.807) is 0 Å². The van der Waals surface area contributed by atoms with E-state index in [9.17, 15) is 0 Å². The number of oxazole rings is 1. The number of hydrogen-bond acceptors (Lipinski definition) is 6. The van der Waals surface area contributed by atoms with E-state index in [4.69, 9.17) is 22.7 Å². The normalized spacial score (nSPS) is 12.0. The monoisotopic (exact) mass is 708 g/mol. The molecule has 6 heteroatoms. The first-order valence-corrected chi connectivity index (χ1v) is 18.3. The molecule has 0 unspecified atom stereocenters. The highest BCUT2D eigenvalue weighted by Crippen LogP contribution is 2.43. The first-order valence-electron chi connectivity index (χ1n) is 18.3. The molecular formula is C49H28N2O4. The van der Waals surface area contributed by atoms with Crippen LogP contribution in [-0.4, -0.2) is 4.98 Å². The molecule has 258 valence electrons. The molecule has 12 rings (SSSR count). The number of para-hydroxylation sites is 2. The topological polar surface area (TPSA) is 68.7 Å². The Balaban J connectivity index is 0.989. The van der Waals surface area contributed by atoms with E-state index < -0.39 is 0 Å². The van der Waals surface area contributed by atoms with Crippen molar-refractivity contribution >= 4 is 94.0 Å². The van der Waals surface area contributed by atoms with Gasteiger partial charge in [-0.05, 0) is 108 Å². The Morgan fingerprint density at radius 3 is 1.53 bits per heavy atom. The Bertz CT molecular complexity index is 3330. The van der Waals surface area contributed by atoms with Crippen LogP contribution in [0.5, 0.6) is 0 Å². The highest BCUT2D eigenvalue weighted by Gasteiger charge is 2.20. The van der Waals surface area contributed by atoms with Gasteiger partial charge in [-0.25, -0.2) is 4.98 Å². The third-order valence-corrected chi connectivity index (χ3v) is 10.7. The van der Waals surface area contributed by atoms with E-state index in [1.165, 1.54) is 0 Å². The van der Waals surface area contributed by atoms with Gasteiger partial charge in [0.15, 0.2) is 5.58 Å². The van der Waals surface area contributed by atoms with Crippen molar-refractivity contribution in [3.8, 4) is 22.6 Å². The summed E-state index contributed by atoms with van der Waals surface area (Å²) in [4.78, 5) is 7.24. The highest BCUT2D eigenvalue weighted by molar-refractivity contribution is 6.17. The van der Waals surface area contributed by atoms with Crippen LogP contribution in [0.3, 0.4) is 0 Å². The number of fused-ring (bicyclic) bond motifs is 11. The Kier molecular flexibility index (Phi) is 6.24. The molecule has 0 aliphatic heterocycles. The highest BCUT2D eigenvalue weighted by atomic mass is 16.4. The fourth-order valence-electron chi connectivity index (χ4n) is 8.09. The predicted molar refractivity (Wildman–Crippen MR) is 221 cm³/mol. The van der Waals surface area contributed by atoms with Crippen molar-refractivity contribution in [2.75, 3.05) is 4.90 Å². The third-order valence-electron chi connectivity index (χ3n) is 10.7. The largest absolute Gasteiger partial charge is 0.456 e. The lowest BCUT2D eigenvalue weighted by Gasteiger charge is -2.26. The second kappa shape index (κ2) is 11.5. The summed E-state index contributed by atoms with van der Waals surface area (Å²) in [5, 5.41) is 6.27. The average molecular weight is 709 g/mol. The molecule has 0 atom stereocenters. The van der Waals surface area contributed by atoms with Crippen LogP contribution in [-0.2, 0) is 0 Å². The van der Waals surface area contributed by atoms with Crippen LogP contribution in [0.25, 0.3) is 99.5 Å². The molecule has 0 saturated carbocycles. The van der Waals surface area contributed by atoms with E-state index >= 15 is 0 Å². The number of nitrogens with zero attached hydrogens (tertiary/aromatic N) is 2. The first kappa shape index (κ1) is 29.9. The van der Waals surface area contributed by atoms with Crippen LogP contribution in [0.1, 0.15) is 0 Å². The molecule has 8 aromatic carbocycles. The molecule has 55 heavy (non-hydrogen) atoms. The molecule has 0 aliphatic carbocycles. The smallest absolute Gasteiger partial charge is 0.227 e. The van der Waals surface area contributed by atoms with Crippen molar-refractivity contribution in [2.45, 2.75) is 0 Å². The van der Waals surface area contributed by atoms with Crippen molar-refractivity contribution < 1.29 is 17.7 Å². The zero-order valence-electron chi connectivity index (χ0n) is 29.2. The molecule has 6 nitrogen and oxygen atoms in total. The number of aromatic nitrogens is 1. The molecule has 4 aromatic heterocycles.